The highest BCUT2D eigenvalue weighted by molar-refractivity contribution is 5.88. The van der Waals surface area contributed by atoms with Gasteiger partial charge in [-0.05, 0) is 25.5 Å². The number of esters is 1. The Balaban J connectivity index is 1.93. The molecule has 1 N–H and O–H groups in total. The minimum absolute atomic E-state index is 0.146. The number of hydrogen-bond donors (Lipinski definition) is 1. The molecule has 1 aromatic heterocycles. The number of hydrogen-bond acceptors (Lipinski definition) is 4. The van der Waals surface area contributed by atoms with Gasteiger partial charge in [-0.25, -0.2) is 0 Å². The van der Waals surface area contributed by atoms with Gasteiger partial charge in [0.05, 0.1) is 12.7 Å². The Kier molecular flexibility index (Phi) is 5.16. The van der Waals surface area contributed by atoms with E-state index in [2.05, 4.69) is 0 Å². The van der Waals surface area contributed by atoms with Crippen LogP contribution in [0.25, 0.3) is 11.0 Å². The van der Waals surface area contributed by atoms with Crippen LogP contribution in [-0.4, -0.2) is 30.7 Å². The number of fused-ring (bicyclic) bond motifs is 1. The monoisotopic (exact) mass is 343 g/mol. The molecule has 1 unspecified atom stereocenters. The van der Waals surface area contributed by atoms with Gasteiger partial charge in [0.15, 0.2) is 6.10 Å². The van der Waals surface area contributed by atoms with E-state index in [1.807, 2.05) is 19.1 Å². The Morgan fingerprint density at radius 2 is 2.04 bits per heavy atom. The SMILES string of the molecule is Cc1ccc2c(CC(=O)OC(C)C(=O)NCC(F)(F)F)coc2c1. The average Bonchev–Trinajstić information content (AvgIpc) is 2.85. The van der Waals surface area contributed by atoms with Crippen molar-refractivity contribution in [3.63, 3.8) is 0 Å². The average molecular weight is 343 g/mol. The van der Waals surface area contributed by atoms with E-state index in [1.54, 1.807) is 11.4 Å². The van der Waals surface area contributed by atoms with Gasteiger partial charge in [0, 0.05) is 10.9 Å². The number of rotatable bonds is 5. The van der Waals surface area contributed by atoms with Gasteiger partial charge in [-0.3, -0.25) is 9.59 Å². The molecule has 1 aromatic carbocycles. The molecule has 2 rings (SSSR count). The lowest BCUT2D eigenvalue weighted by molar-refractivity contribution is -0.157. The molecule has 130 valence electrons. The first-order chi connectivity index (χ1) is 11.2. The molecule has 0 aliphatic rings. The third-order valence-corrected chi connectivity index (χ3v) is 3.29. The van der Waals surface area contributed by atoms with Gasteiger partial charge >= 0.3 is 12.1 Å². The summed E-state index contributed by atoms with van der Waals surface area (Å²) >= 11 is 0. The molecule has 24 heavy (non-hydrogen) atoms. The molecular weight excluding hydrogens is 327 g/mol. The fraction of sp³-hybridized carbons (Fsp3) is 0.375. The fourth-order valence-electron chi connectivity index (χ4n) is 2.11. The number of furan rings is 1. The van der Waals surface area contributed by atoms with E-state index in [-0.39, 0.29) is 6.42 Å². The van der Waals surface area contributed by atoms with Crippen molar-refractivity contribution < 1.29 is 31.9 Å². The van der Waals surface area contributed by atoms with Gasteiger partial charge in [-0.15, -0.1) is 0 Å². The van der Waals surface area contributed by atoms with Crippen molar-refractivity contribution >= 4 is 22.8 Å². The van der Waals surface area contributed by atoms with Crippen LogP contribution in [0.15, 0.2) is 28.9 Å². The van der Waals surface area contributed by atoms with E-state index in [4.69, 9.17) is 9.15 Å². The Hall–Kier alpha value is -2.51. The molecule has 0 bridgehead atoms. The van der Waals surface area contributed by atoms with Crippen molar-refractivity contribution in [1.82, 2.24) is 5.32 Å². The van der Waals surface area contributed by atoms with Crippen molar-refractivity contribution in [2.75, 3.05) is 6.54 Å². The number of amides is 1. The second-order valence-electron chi connectivity index (χ2n) is 5.40. The van der Waals surface area contributed by atoms with Gasteiger partial charge < -0.3 is 14.5 Å². The molecule has 0 aliphatic carbocycles. The van der Waals surface area contributed by atoms with Crippen molar-refractivity contribution in [1.29, 1.82) is 0 Å². The summed E-state index contributed by atoms with van der Waals surface area (Å²) in [5.41, 5.74) is 2.20. The molecule has 1 heterocycles. The minimum Gasteiger partial charge on any atom is -0.464 e. The van der Waals surface area contributed by atoms with Crippen LogP contribution in [0.1, 0.15) is 18.1 Å². The topological polar surface area (TPSA) is 68.5 Å². The first-order valence-electron chi connectivity index (χ1n) is 7.16. The molecule has 0 spiro atoms. The highest BCUT2D eigenvalue weighted by Crippen LogP contribution is 2.23. The number of carbonyl (C=O) groups excluding carboxylic acids is 2. The smallest absolute Gasteiger partial charge is 0.405 e. The van der Waals surface area contributed by atoms with Gasteiger partial charge in [-0.1, -0.05) is 12.1 Å². The maximum atomic E-state index is 12.0. The lowest BCUT2D eigenvalue weighted by Gasteiger charge is -2.14. The quantitative estimate of drug-likeness (QED) is 0.848. The summed E-state index contributed by atoms with van der Waals surface area (Å²) in [6.07, 6.45) is -4.57. The van der Waals surface area contributed by atoms with Gasteiger partial charge in [0.2, 0.25) is 0 Å². The number of carbonyl (C=O) groups is 2. The Morgan fingerprint density at radius 1 is 1.33 bits per heavy atom. The first-order valence-corrected chi connectivity index (χ1v) is 7.16. The van der Waals surface area contributed by atoms with Crippen LogP contribution in [0.2, 0.25) is 0 Å². The van der Waals surface area contributed by atoms with Crippen LogP contribution < -0.4 is 5.32 Å². The third-order valence-electron chi connectivity index (χ3n) is 3.29. The zero-order valence-corrected chi connectivity index (χ0v) is 13.1. The Morgan fingerprint density at radius 3 is 2.71 bits per heavy atom. The summed E-state index contributed by atoms with van der Waals surface area (Å²) in [7, 11) is 0. The molecule has 1 atom stereocenters. The van der Waals surface area contributed by atoms with Crippen LogP contribution >= 0.6 is 0 Å². The van der Waals surface area contributed by atoms with Crippen molar-refractivity contribution in [3.05, 3.63) is 35.6 Å². The van der Waals surface area contributed by atoms with Gasteiger partial charge in [-0.2, -0.15) is 13.2 Å². The molecule has 0 radical (unpaired) electrons. The molecule has 8 heteroatoms. The number of halogens is 3. The third kappa shape index (κ3) is 4.74. The largest absolute Gasteiger partial charge is 0.464 e. The number of aryl methyl sites for hydroxylation is 1. The second kappa shape index (κ2) is 6.94. The minimum atomic E-state index is -4.52. The van der Waals surface area contributed by atoms with E-state index < -0.39 is 30.7 Å². The second-order valence-corrected chi connectivity index (χ2v) is 5.40. The summed E-state index contributed by atoms with van der Waals surface area (Å²) in [6.45, 7) is 1.64. The maximum absolute atomic E-state index is 12.0. The summed E-state index contributed by atoms with van der Waals surface area (Å²) in [6, 6.07) is 5.48. The molecule has 1 amide bonds. The number of benzene rings is 1. The molecule has 0 saturated heterocycles. The number of alkyl halides is 3. The fourth-order valence-corrected chi connectivity index (χ4v) is 2.11. The predicted octanol–water partition coefficient (Wildman–Crippen LogP) is 2.89. The van der Waals surface area contributed by atoms with Crippen LogP contribution in [0, 0.1) is 6.92 Å². The van der Waals surface area contributed by atoms with E-state index in [9.17, 15) is 22.8 Å². The van der Waals surface area contributed by atoms with E-state index in [0.29, 0.717) is 11.1 Å². The standard InChI is InChI=1S/C16H16F3NO4/c1-9-3-4-12-11(7-23-13(12)5-9)6-14(21)24-10(2)15(22)20-8-16(17,18)19/h3-5,7,10H,6,8H2,1-2H3,(H,20,22). The van der Waals surface area contributed by atoms with E-state index in [1.165, 1.54) is 13.2 Å². The highest BCUT2D eigenvalue weighted by atomic mass is 19.4. The summed E-state index contributed by atoms with van der Waals surface area (Å²) < 4.78 is 46.3. The Bertz CT molecular complexity index is 751. The lowest BCUT2D eigenvalue weighted by Crippen LogP contribution is -2.40. The van der Waals surface area contributed by atoms with Crippen molar-refractivity contribution in [2.45, 2.75) is 32.5 Å². The van der Waals surface area contributed by atoms with Crippen LogP contribution in [0.5, 0.6) is 0 Å². The van der Waals surface area contributed by atoms with Gasteiger partial charge in [0.25, 0.3) is 5.91 Å². The van der Waals surface area contributed by atoms with Crippen LogP contribution in [0.4, 0.5) is 13.2 Å². The molecule has 0 fully saturated rings. The Labute approximate surface area is 135 Å². The van der Waals surface area contributed by atoms with Crippen LogP contribution in [0.3, 0.4) is 0 Å². The molecule has 0 aliphatic heterocycles. The summed E-state index contributed by atoms with van der Waals surface area (Å²) in [4.78, 5) is 23.3. The summed E-state index contributed by atoms with van der Waals surface area (Å²) in [5, 5.41) is 2.41. The highest BCUT2D eigenvalue weighted by Gasteiger charge is 2.29. The zero-order chi connectivity index (χ0) is 17.9. The zero-order valence-electron chi connectivity index (χ0n) is 13.1. The van der Waals surface area contributed by atoms with Crippen LogP contribution in [-0.2, 0) is 20.7 Å². The maximum Gasteiger partial charge on any atom is 0.405 e. The normalized spacial score (nSPS) is 12.9. The molecule has 2 aromatic rings. The molecule has 0 saturated carbocycles. The van der Waals surface area contributed by atoms with E-state index >= 15 is 0 Å². The predicted molar refractivity (Wildman–Crippen MR) is 79.3 cm³/mol. The van der Waals surface area contributed by atoms with Crippen molar-refractivity contribution in [2.24, 2.45) is 0 Å². The van der Waals surface area contributed by atoms with E-state index in [0.717, 1.165) is 10.9 Å². The molecular formula is C16H16F3NO4. The molecule has 5 nitrogen and oxygen atoms in total. The number of nitrogens with one attached hydrogen (secondary N) is 1. The first kappa shape index (κ1) is 17.8. The van der Waals surface area contributed by atoms with Gasteiger partial charge in [0.1, 0.15) is 12.1 Å². The summed E-state index contributed by atoms with van der Waals surface area (Å²) in [5.74, 6) is -1.73. The lowest BCUT2D eigenvalue weighted by atomic mass is 10.1. The number of ether oxygens (including phenoxy) is 1. The van der Waals surface area contributed by atoms with Crippen molar-refractivity contribution in [3.8, 4) is 0 Å².